The fourth-order valence-electron chi connectivity index (χ4n) is 2.97. The molecule has 0 aliphatic carbocycles. The fraction of sp³-hybridized carbons (Fsp3) is 0.444. The highest BCUT2D eigenvalue weighted by atomic mass is 79.9. The summed E-state index contributed by atoms with van der Waals surface area (Å²) in [5.41, 5.74) is 1.21. The second kappa shape index (κ2) is 5.98. The maximum Gasteiger partial charge on any atom is 0.124 e. The van der Waals surface area contributed by atoms with Gasteiger partial charge in [0.1, 0.15) is 12.4 Å². The molecule has 0 saturated carbocycles. The van der Waals surface area contributed by atoms with Crippen LogP contribution < -0.4 is 4.74 Å². The number of rotatable bonds is 4. The number of halogens is 1. The van der Waals surface area contributed by atoms with Crippen LogP contribution in [-0.2, 0) is 10.1 Å². The Morgan fingerprint density at radius 3 is 2.76 bits per heavy atom. The highest BCUT2D eigenvalue weighted by Crippen LogP contribution is 2.32. The highest BCUT2D eigenvalue weighted by Gasteiger charge is 2.32. The van der Waals surface area contributed by atoms with Crippen LogP contribution in [0.2, 0.25) is 0 Å². The van der Waals surface area contributed by atoms with E-state index in [2.05, 4.69) is 66.2 Å². The average Bonchev–Trinajstić information content (AvgIpc) is 2.83. The van der Waals surface area contributed by atoms with E-state index in [0.29, 0.717) is 6.61 Å². The van der Waals surface area contributed by atoms with E-state index >= 15 is 0 Å². The van der Waals surface area contributed by atoms with Gasteiger partial charge < -0.3 is 9.47 Å². The summed E-state index contributed by atoms with van der Waals surface area (Å²) in [7, 11) is 0. The van der Waals surface area contributed by atoms with Gasteiger partial charge in [-0.05, 0) is 43.5 Å². The molecule has 0 spiro atoms. The second-order valence-electron chi connectivity index (χ2n) is 6.25. The summed E-state index contributed by atoms with van der Waals surface area (Å²) in [6.07, 6.45) is 2.38. The molecule has 3 rings (SSSR count). The Kier molecular flexibility index (Phi) is 4.23. The lowest BCUT2D eigenvalue weighted by Gasteiger charge is -2.20. The largest absolute Gasteiger partial charge is 0.491 e. The van der Waals surface area contributed by atoms with E-state index in [-0.39, 0.29) is 11.7 Å². The van der Waals surface area contributed by atoms with E-state index < -0.39 is 0 Å². The van der Waals surface area contributed by atoms with Gasteiger partial charge in [-0.1, -0.05) is 46.3 Å². The number of fused-ring (bicyclic) bond motifs is 1. The average molecular weight is 349 g/mol. The molecule has 1 atom stereocenters. The molecule has 1 saturated heterocycles. The molecule has 1 unspecified atom stereocenters. The summed E-state index contributed by atoms with van der Waals surface area (Å²) in [5, 5.41) is 3.29. The third kappa shape index (κ3) is 3.24. The zero-order valence-electron chi connectivity index (χ0n) is 12.6. The van der Waals surface area contributed by atoms with Crippen molar-refractivity contribution in [1.29, 1.82) is 0 Å². The summed E-state index contributed by atoms with van der Waals surface area (Å²) in [4.78, 5) is 0. The monoisotopic (exact) mass is 348 g/mol. The first-order valence-corrected chi connectivity index (χ1v) is 8.58. The van der Waals surface area contributed by atoms with Crippen LogP contribution in [0.15, 0.2) is 36.4 Å². The van der Waals surface area contributed by atoms with Gasteiger partial charge in [-0.15, -0.1) is 0 Å². The number of hydrogen-bond donors (Lipinski definition) is 0. The molecule has 0 radical (unpaired) electrons. The molecule has 3 heteroatoms. The van der Waals surface area contributed by atoms with Crippen molar-refractivity contribution < 1.29 is 9.47 Å². The predicted octanol–water partition coefficient (Wildman–Crippen LogP) is 5.07. The molecule has 0 N–H and O–H groups in total. The van der Waals surface area contributed by atoms with Gasteiger partial charge in [0.15, 0.2) is 0 Å². The zero-order valence-corrected chi connectivity index (χ0v) is 14.2. The lowest BCUT2D eigenvalue weighted by Crippen LogP contribution is -2.24. The van der Waals surface area contributed by atoms with Gasteiger partial charge >= 0.3 is 0 Å². The molecular formula is C18H21BrO2. The molecule has 1 aliphatic rings. The number of hydrogen-bond acceptors (Lipinski definition) is 2. The van der Waals surface area contributed by atoms with Crippen molar-refractivity contribution in [1.82, 2.24) is 0 Å². The zero-order chi connectivity index (χ0) is 14.9. The minimum absolute atomic E-state index is 0.00430. The van der Waals surface area contributed by atoms with Crippen LogP contribution in [-0.4, -0.2) is 18.3 Å². The quantitative estimate of drug-likeness (QED) is 0.718. The fourth-order valence-corrected chi connectivity index (χ4v) is 3.55. The third-order valence-corrected chi connectivity index (χ3v) is 4.67. The molecule has 2 nitrogen and oxygen atoms in total. The van der Waals surface area contributed by atoms with Gasteiger partial charge in [-0.3, -0.25) is 0 Å². The van der Waals surface area contributed by atoms with Crippen molar-refractivity contribution in [2.24, 2.45) is 0 Å². The summed E-state index contributed by atoms with van der Waals surface area (Å²) < 4.78 is 12.1. The van der Waals surface area contributed by atoms with Crippen molar-refractivity contribution in [3.8, 4) is 5.75 Å². The first-order valence-electron chi connectivity index (χ1n) is 7.46. The number of benzene rings is 2. The Morgan fingerprint density at radius 2 is 2.05 bits per heavy atom. The van der Waals surface area contributed by atoms with Crippen molar-refractivity contribution >= 4 is 26.7 Å². The maximum atomic E-state index is 6.06. The first kappa shape index (κ1) is 14.9. The normalized spacial score (nSPS) is 20.8. The SMILES string of the molecule is CC1(C)CCC(COc2ccc3ccccc3c2CBr)O1. The van der Waals surface area contributed by atoms with E-state index in [1.807, 2.05) is 0 Å². The first-order chi connectivity index (χ1) is 10.1. The Labute approximate surface area is 134 Å². The molecule has 0 aromatic heterocycles. The van der Waals surface area contributed by atoms with E-state index in [1.165, 1.54) is 16.3 Å². The molecule has 1 aliphatic heterocycles. The van der Waals surface area contributed by atoms with E-state index in [9.17, 15) is 0 Å². The van der Waals surface area contributed by atoms with E-state index in [4.69, 9.17) is 9.47 Å². The molecule has 2 aromatic rings. The summed E-state index contributed by atoms with van der Waals surface area (Å²) >= 11 is 3.59. The molecule has 1 fully saturated rings. The summed E-state index contributed by atoms with van der Waals surface area (Å²) in [6.45, 7) is 4.92. The minimum atomic E-state index is -0.00430. The highest BCUT2D eigenvalue weighted by molar-refractivity contribution is 9.08. The Hall–Kier alpha value is -1.06. The summed E-state index contributed by atoms with van der Waals surface area (Å²) in [6, 6.07) is 12.6. The van der Waals surface area contributed by atoms with Crippen LogP contribution in [0.5, 0.6) is 5.75 Å². The van der Waals surface area contributed by atoms with Crippen LogP contribution in [0, 0.1) is 0 Å². The smallest absolute Gasteiger partial charge is 0.124 e. The van der Waals surface area contributed by atoms with Gasteiger partial charge in [-0.2, -0.15) is 0 Å². The standard InChI is InChI=1S/C18H21BrO2/c1-18(2)10-9-14(21-18)12-20-17-8-7-13-5-3-4-6-15(13)16(17)11-19/h3-8,14H,9-12H2,1-2H3. The van der Waals surface area contributed by atoms with Crippen LogP contribution >= 0.6 is 15.9 Å². The molecule has 1 heterocycles. The molecular weight excluding hydrogens is 328 g/mol. The third-order valence-electron chi connectivity index (χ3n) is 4.11. The minimum Gasteiger partial charge on any atom is -0.491 e. The van der Waals surface area contributed by atoms with Gasteiger partial charge in [0.2, 0.25) is 0 Å². The van der Waals surface area contributed by atoms with Crippen LogP contribution in [0.4, 0.5) is 0 Å². The van der Waals surface area contributed by atoms with Crippen molar-refractivity contribution in [2.45, 2.75) is 43.7 Å². The van der Waals surface area contributed by atoms with Gasteiger partial charge in [-0.25, -0.2) is 0 Å². The molecule has 21 heavy (non-hydrogen) atoms. The van der Waals surface area contributed by atoms with Crippen molar-refractivity contribution in [3.05, 3.63) is 42.0 Å². The predicted molar refractivity (Wildman–Crippen MR) is 90.3 cm³/mol. The van der Waals surface area contributed by atoms with E-state index in [0.717, 1.165) is 23.9 Å². The Morgan fingerprint density at radius 1 is 1.24 bits per heavy atom. The van der Waals surface area contributed by atoms with Crippen molar-refractivity contribution in [2.75, 3.05) is 6.61 Å². The maximum absolute atomic E-state index is 6.06. The Balaban J connectivity index is 1.78. The molecule has 2 aromatic carbocycles. The molecule has 0 amide bonds. The summed E-state index contributed by atoms with van der Waals surface area (Å²) in [5.74, 6) is 0.957. The van der Waals surface area contributed by atoms with Gasteiger partial charge in [0.25, 0.3) is 0 Å². The lowest BCUT2D eigenvalue weighted by atomic mass is 10.0. The topological polar surface area (TPSA) is 18.5 Å². The number of alkyl halides is 1. The van der Waals surface area contributed by atoms with E-state index in [1.54, 1.807) is 0 Å². The van der Waals surface area contributed by atoms with Crippen LogP contribution in [0.3, 0.4) is 0 Å². The second-order valence-corrected chi connectivity index (χ2v) is 6.81. The van der Waals surface area contributed by atoms with Gasteiger partial charge in [0, 0.05) is 10.9 Å². The van der Waals surface area contributed by atoms with Crippen LogP contribution in [0.1, 0.15) is 32.3 Å². The lowest BCUT2D eigenvalue weighted by molar-refractivity contribution is -0.0327. The molecule has 0 bridgehead atoms. The number of ether oxygens (including phenoxy) is 2. The molecule has 112 valence electrons. The Bertz CT molecular complexity index is 636. The van der Waals surface area contributed by atoms with Gasteiger partial charge in [0.05, 0.1) is 11.7 Å². The van der Waals surface area contributed by atoms with Crippen molar-refractivity contribution in [3.63, 3.8) is 0 Å². The van der Waals surface area contributed by atoms with Crippen LogP contribution in [0.25, 0.3) is 10.8 Å².